The summed E-state index contributed by atoms with van der Waals surface area (Å²) in [6.45, 7) is 5.38. The third kappa shape index (κ3) is 4.79. The van der Waals surface area contributed by atoms with Crippen LogP contribution in [0.2, 0.25) is 0 Å². The van der Waals surface area contributed by atoms with Gasteiger partial charge in [0.2, 0.25) is 0 Å². The molecule has 0 aromatic heterocycles. The fourth-order valence-corrected chi connectivity index (χ4v) is 3.09. The molecule has 3 nitrogen and oxygen atoms in total. The van der Waals surface area contributed by atoms with Gasteiger partial charge in [-0.3, -0.25) is 9.79 Å². The molecule has 3 rings (SSSR count). The van der Waals surface area contributed by atoms with E-state index in [2.05, 4.69) is 36.9 Å². The standard InChI is InChI=1S/C21H24N2O.BrH/c1-16-11-12-17(2)19(14-16)23(21-10-6-7-13-22-21)15-20(24)18-8-4-3-5-9-18;/h3-5,8-9,11-12,14H,6-7,10,13,15H2,1-2H3;1H. The molecule has 0 aliphatic carbocycles. The molecule has 0 bridgehead atoms. The van der Waals surface area contributed by atoms with Crippen LogP contribution >= 0.6 is 17.0 Å². The molecule has 0 spiro atoms. The molecular formula is C21H25BrN2O. The number of aliphatic imine (C=N–C) groups is 1. The van der Waals surface area contributed by atoms with Crippen LogP contribution in [0.5, 0.6) is 0 Å². The first-order valence-corrected chi connectivity index (χ1v) is 8.61. The minimum atomic E-state index is 0. The number of carbonyl (C=O) groups excluding carboxylic acids is 1. The van der Waals surface area contributed by atoms with Crippen molar-refractivity contribution in [2.45, 2.75) is 33.1 Å². The fraction of sp³-hybridized carbons (Fsp3) is 0.333. The highest BCUT2D eigenvalue weighted by Gasteiger charge is 2.21. The van der Waals surface area contributed by atoms with Crippen LogP contribution in [0.3, 0.4) is 0 Å². The molecule has 2 aromatic rings. The zero-order chi connectivity index (χ0) is 16.9. The lowest BCUT2D eigenvalue weighted by Gasteiger charge is -2.29. The van der Waals surface area contributed by atoms with E-state index >= 15 is 0 Å². The summed E-state index contributed by atoms with van der Waals surface area (Å²) in [6, 6.07) is 15.9. The zero-order valence-corrected chi connectivity index (χ0v) is 16.6. The largest absolute Gasteiger partial charge is 0.322 e. The molecule has 2 aromatic carbocycles. The van der Waals surface area contributed by atoms with E-state index < -0.39 is 0 Å². The first-order valence-electron chi connectivity index (χ1n) is 8.61. The monoisotopic (exact) mass is 400 g/mol. The molecule has 1 heterocycles. The lowest BCUT2D eigenvalue weighted by molar-refractivity contribution is 0.100. The maximum Gasteiger partial charge on any atom is 0.182 e. The van der Waals surface area contributed by atoms with E-state index in [0.29, 0.717) is 6.54 Å². The number of benzene rings is 2. The normalized spacial score (nSPS) is 13.6. The molecule has 0 radical (unpaired) electrons. The van der Waals surface area contributed by atoms with Gasteiger partial charge in [0, 0.05) is 24.2 Å². The molecular weight excluding hydrogens is 376 g/mol. The third-order valence-electron chi connectivity index (χ3n) is 4.47. The molecule has 132 valence electrons. The quantitative estimate of drug-likeness (QED) is 0.664. The topological polar surface area (TPSA) is 32.7 Å². The Morgan fingerprint density at radius 1 is 1.08 bits per heavy atom. The Balaban J connectivity index is 0.00000225. The molecule has 4 heteroatoms. The zero-order valence-electron chi connectivity index (χ0n) is 14.9. The predicted molar refractivity (Wildman–Crippen MR) is 111 cm³/mol. The molecule has 0 saturated carbocycles. The highest BCUT2D eigenvalue weighted by Crippen LogP contribution is 2.25. The van der Waals surface area contributed by atoms with Gasteiger partial charge < -0.3 is 4.90 Å². The predicted octanol–water partition coefficient (Wildman–Crippen LogP) is 5.15. The molecule has 0 atom stereocenters. The maximum absolute atomic E-state index is 12.8. The van der Waals surface area contributed by atoms with Crippen molar-refractivity contribution in [1.82, 2.24) is 0 Å². The third-order valence-corrected chi connectivity index (χ3v) is 4.47. The van der Waals surface area contributed by atoms with Crippen molar-refractivity contribution < 1.29 is 4.79 Å². The number of rotatable bonds is 4. The summed E-state index contributed by atoms with van der Waals surface area (Å²) in [5.41, 5.74) is 4.23. The summed E-state index contributed by atoms with van der Waals surface area (Å²) in [5, 5.41) is 0. The lowest BCUT2D eigenvalue weighted by atomic mass is 10.1. The number of halogens is 1. The van der Waals surface area contributed by atoms with Gasteiger partial charge in [0.25, 0.3) is 0 Å². The smallest absolute Gasteiger partial charge is 0.182 e. The summed E-state index contributed by atoms with van der Waals surface area (Å²) >= 11 is 0. The second-order valence-electron chi connectivity index (χ2n) is 6.42. The Labute approximate surface area is 160 Å². The van der Waals surface area contributed by atoms with Crippen molar-refractivity contribution in [2.24, 2.45) is 4.99 Å². The highest BCUT2D eigenvalue weighted by molar-refractivity contribution is 8.93. The van der Waals surface area contributed by atoms with Crippen LogP contribution in [0.15, 0.2) is 53.5 Å². The van der Waals surface area contributed by atoms with E-state index in [1.165, 1.54) is 11.1 Å². The van der Waals surface area contributed by atoms with E-state index in [4.69, 9.17) is 4.99 Å². The number of ketones is 1. The van der Waals surface area contributed by atoms with Gasteiger partial charge in [0.15, 0.2) is 5.78 Å². The van der Waals surface area contributed by atoms with Crippen molar-refractivity contribution >= 4 is 34.3 Å². The Hall–Kier alpha value is -1.94. The van der Waals surface area contributed by atoms with Gasteiger partial charge in [-0.2, -0.15) is 0 Å². The summed E-state index contributed by atoms with van der Waals surface area (Å²) < 4.78 is 0. The Bertz CT molecular complexity index is 756. The summed E-state index contributed by atoms with van der Waals surface area (Å²) in [5.74, 6) is 1.17. The molecule has 0 N–H and O–H groups in total. The molecule has 0 fully saturated rings. The van der Waals surface area contributed by atoms with Gasteiger partial charge >= 0.3 is 0 Å². The second-order valence-corrected chi connectivity index (χ2v) is 6.42. The number of nitrogens with zero attached hydrogens (tertiary/aromatic N) is 2. The van der Waals surface area contributed by atoms with Crippen molar-refractivity contribution in [2.75, 3.05) is 18.0 Å². The summed E-state index contributed by atoms with van der Waals surface area (Å²) in [6.07, 6.45) is 3.21. The highest BCUT2D eigenvalue weighted by atomic mass is 79.9. The van der Waals surface area contributed by atoms with Crippen molar-refractivity contribution in [1.29, 1.82) is 0 Å². The van der Waals surface area contributed by atoms with Crippen molar-refractivity contribution in [3.05, 3.63) is 65.2 Å². The van der Waals surface area contributed by atoms with Crippen LogP contribution in [-0.4, -0.2) is 24.7 Å². The number of amidine groups is 1. The van der Waals surface area contributed by atoms with Gasteiger partial charge in [-0.25, -0.2) is 0 Å². The minimum absolute atomic E-state index is 0. The fourth-order valence-electron chi connectivity index (χ4n) is 3.09. The van der Waals surface area contributed by atoms with E-state index in [0.717, 1.165) is 42.9 Å². The van der Waals surface area contributed by atoms with Gasteiger partial charge in [0.1, 0.15) is 5.84 Å². The van der Waals surface area contributed by atoms with Crippen LogP contribution in [0.1, 0.15) is 40.7 Å². The van der Waals surface area contributed by atoms with Crippen LogP contribution in [0, 0.1) is 13.8 Å². The second kappa shape index (κ2) is 8.95. The lowest BCUT2D eigenvalue weighted by Crippen LogP contribution is -2.37. The SMILES string of the molecule is Br.Cc1ccc(C)c(N(CC(=O)c2ccccc2)C2=NCCCC2)c1. The molecule has 0 amide bonds. The van der Waals surface area contributed by atoms with Gasteiger partial charge in [-0.05, 0) is 43.9 Å². The van der Waals surface area contributed by atoms with Gasteiger partial charge in [-0.15, -0.1) is 17.0 Å². The van der Waals surface area contributed by atoms with E-state index in [9.17, 15) is 4.79 Å². The number of hydrogen-bond acceptors (Lipinski definition) is 3. The number of anilines is 1. The number of hydrogen-bond donors (Lipinski definition) is 0. The molecule has 1 aliphatic heterocycles. The van der Waals surface area contributed by atoms with Crippen LogP contribution in [0.4, 0.5) is 5.69 Å². The van der Waals surface area contributed by atoms with Crippen LogP contribution in [-0.2, 0) is 0 Å². The van der Waals surface area contributed by atoms with Crippen molar-refractivity contribution in [3.8, 4) is 0 Å². The minimum Gasteiger partial charge on any atom is -0.322 e. The average Bonchev–Trinajstić information content (AvgIpc) is 2.63. The first kappa shape index (κ1) is 19.4. The van der Waals surface area contributed by atoms with E-state index in [1.54, 1.807) is 0 Å². The van der Waals surface area contributed by atoms with E-state index in [-0.39, 0.29) is 22.8 Å². The maximum atomic E-state index is 12.8. The number of Topliss-reactive ketones (excluding diaryl/α,β-unsaturated/α-hetero) is 1. The molecule has 0 saturated heterocycles. The van der Waals surface area contributed by atoms with E-state index in [1.807, 2.05) is 30.3 Å². The van der Waals surface area contributed by atoms with Crippen LogP contribution in [0.25, 0.3) is 0 Å². The molecule has 0 unspecified atom stereocenters. The summed E-state index contributed by atoms with van der Waals surface area (Å²) in [7, 11) is 0. The first-order chi connectivity index (χ1) is 11.6. The number of carbonyl (C=O) groups is 1. The molecule has 25 heavy (non-hydrogen) atoms. The summed E-state index contributed by atoms with van der Waals surface area (Å²) in [4.78, 5) is 19.6. The Morgan fingerprint density at radius 3 is 2.52 bits per heavy atom. The van der Waals surface area contributed by atoms with Crippen LogP contribution < -0.4 is 4.90 Å². The van der Waals surface area contributed by atoms with Gasteiger partial charge in [-0.1, -0.05) is 42.5 Å². The van der Waals surface area contributed by atoms with Crippen molar-refractivity contribution in [3.63, 3.8) is 0 Å². The van der Waals surface area contributed by atoms with Gasteiger partial charge in [0.05, 0.1) is 6.54 Å². The number of aryl methyl sites for hydroxylation is 2. The molecule has 1 aliphatic rings. The Kier molecular flexibility index (Phi) is 6.94. The average molecular weight is 401 g/mol. The Morgan fingerprint density at radius 2 is 1.84 bits per heavy atom.